The van der Waals surface area contributed by atoms with Crippen molar-refractivity contribution >= 4 is 34.0 Å². The Morgan fingerprint density at radius 3 is 2.70 bits per heavy atom. The van der Waals surface area contributed by atoms with E-state index in [0.29, 0.717) is 48.1 Å². The van der Waals surface area contributed by atoms with Gasteiger partial charge in [0, 0.05) is 18.1 Å². The van der Waals surface area contributed by atoms with Crippen LogP contribution in [0.4, 0.5) is 13.9 Å². The van der Waals surface area contributed by atoms with Crippen LogP contribution < -0.4 is 14.8 Å². The highest BCUT2D eigenvalue weighted by Crippen LogP contribution is 2.52. The van der Waals surface area contributed by atoms with Crippen molar-refractivity contribution in [1.82, 2.24) is 9.88 Å². The van der Waals surface area contributed by atoms with Crippen LogP contribution in [0, 0.1) is 6.92 Å². The van der Waals surface area contributed by atoms with Crippen molar-refractivity contribution < 1.29 is 28.2 Å². The molecule has 11 heteroatoms. The highest BCUT2D eigenvalue weighted by Gasteiger charge is 2.53. The highest BCUT2D eigenvalue weighted by atomic mass is 35.5. The lowest BCUT2D eigenvalue weighted by atomic mass is 9.94. The summed E-state index contributed by atoms with van der Waals surface area (Å²) in [5.74, 6) is -0.378. The summed E-state index contributed by atoms with van der Waals surface area (Å²) in [5, 5.41) is 14.2. The van der Waals surface area contributed by atoms with E-state index in [1.807, 2.05) is 31.2 Å². The van der Waals surface area contributed by atoms with E-state index in [1.54, 1.807) is 6.07 Å². The zero-order valence-electron chi connectivity index (χ0n) is 19.8. The number of alkyl halides is 2. The first kappa shape index (κ1) is 24.5. The normalized spacial score (nSPS) is 22.1. The molecule has 7 nitrogen and oxygen atoms in total. The number of ether oxygens (including phenoxy) is 2. The summed E-state index contributed by atoms with van der Waals surface area (Å²) < 4.78 is 36.0. The number of aliphatic hydroxyl groups is 1. The lowest BCUT2D eigenvalue weighted by molar-refractivity contribution is -0.286. The average molecular weight is 548 g/mol. The Morgan fingerprint density at radius 2 is 2.00 bits per heavy atom. The van der Waals surface area contributed by atoms with Gasteiger partial charge in [-0.1, -0.05) is 47.2 Å². The van der Waals surface area contributed by atoms with Crippen molar-refractivity contribution in [2.24, 2.45) is 0 Å². The van der Waals surface area contributed by atoms with E-state index in [9.17, 15) is 18.7 Å². The number of β-amino-alcohol motifs (C(OH)–C–C–N with tert-alkyl or cyclic N) is 1. The van der Waals surface area contributed by atoms with Crippen LogP contribution in [0.5, 0.6) is 11.5 Å². The Kier molecular flexibility index (Phi) is 5.91. The van der Waals surface area contributed by atoms with Crippen LogP contribution in [-0.2, 0) is 10.2 Å². The second-order valence-electron chi connectivity index (χ2n) is 9.70. The number of halogens is 3. The summed E-state index contributed by atoms with van der Waals surface area (Å²) in [6.07, 6.45) is -2.28. The molecule has 2 atom stereocenters. The van der Waals surface area contributed by atoms with Crippen molar-refractivity contribution in [3.63, 3.8) is 0 Å². The predicted molar refractivity (Wildman–Crippen MR) is 135 cm³/mol. The second kappa shape index (κ2) is 8.90. The largest absolute Gasteiger partial charge is 0.586 e. The number of hydrogen-bond acceptors (Lipinski definition) is 7. The monoisotopic (exact) mass is 547 g/mol. The van der Waals surface area contributed by atoms with Crippen LogP contribution in [0.25, 0.3) is 0 Å². The van der Waals surface area contributed by atoms with Gasteiger partial charge in [0.1, 0.15) is 0 Å². The van der Waals surface area contributed by atoms with Gasteiger partial charge in [-0.25, -0.2) is 4.98 Å². The van der Waals surface area contributed by atoms with Crippen molar-refractivity contribution in [2.75, 3.05) is 18.4 Å². The second-order valence-corrected chi connectivity index (χ2v) is 11.1. The van der Waals surface area contributed by atoms with Gasteiger partial charge in [-0.05, 0) is 55.5 Å². The van der Waals surface area contributed by atoms with E-state index in [2.05, 4.69) is 24.7 Å². The molecule has 1 amide bonds. The fourth-order valence-corrected chi connectivity index (χ4v) is 6.51. The van der Waals surface area contributed by atoms with Crippen molar-refractivity contribution in [2.45, 2.75) is 50.0 Å². The number of aromatic nitrogens is 1. The number of nitrogens with one attached hydrogen (secondary N) is 1. The zero-order chi connectivity index (χ0) is 25.9. The summed E-state index contributed by atoms with van der Waals surface area (Å²) in [4.78, 5) is 21.2. The SMILES string of the molecule is Cc1nc(NC(=O)C2(c3ccc4c(c3)OC(F)(F)O4)CC2)sc1C(c1ccccc1Cl)N1CCC(O)C1. The number of hydrogen-bond donors (Lipinski definition) is 2. The lowest BCUT2D eigenvalue weighted by Crippen LogP contribution is -2.28. The van der Waals surface area contributed by atoms with Crippen LogP contribution in [0.3, 0.4) is 0 Å². The van der Waals surface area contributed by atoms with E-state index in [-0.39, 0.29) is 23.4 Å². The Bertz CT molecular complexity index is 1380. The highest BCUT2D eigenvalue weighted by molar-refractivity contribution is 7.16. The van der Waals surface area contributed by atoms with Gasteiger partial charge < -0.3 is 19.9 Å². The number of rotatable bonds is 6. The Hall–Kier alpha value is -2.79. The topological polar surface area (TPSA) is 83.9 Å². The van der Waals surface area contributed by atoms with Crippen molar-refractivity contribution in [3.05, 3.63) is 69.2 Å². The van der Waals surface area contributed by atoms with Crippen LogP contribution in [0.1, 0.15) is 47.0 Å². The van der Waals surface area contributed by atoms with Gasteiger partial charge in [0.05, 0.1) is 28.1 Å². The molecule has 2 N–H and O–H groups in total. The number of likely N-dealkylation sites (tertiary alicyclic amines) is 1. The standard InChI is InChI=1S/C26H24ClF2N3O4S/c1-14-22(21(32-11-8-16(33)13-32)17-4-2-3-5-18(17)27)37-24(30-14)31-23(34)25(9-10-25)15-6-7-19-20(12-15)36-26(28,29)35-19/h2-7,12,16,21,33H,8-11,13H2,1H3,(H,30,31,34). The van der Waals surface area contributed by atoms with Gasteiger partial charge in [0.25, 0.3) is 0 Å². The number of carbonyl (C=O) groups excluding carboxylic acids is 1. The van der Waals surface area contributed by atoms with Gasteiger partial charge in [-0.2, -0.15) is 0 Å². The van der Waals surface area contributed by atoms with E-state index >= 15 is 0 Å². The van der Waals surface area contributed by atoms with Crippen molar-refractivity contribution in [1.29, 1.82) is 0 Å². The number of carbonyl (C=O) groups is 1. The molecular weight excluding hydrogens is 524 g/mol. The summed E-state index contributed by atoms with van der Waals surface area (Å²) >= 11 is 7.96. The number of aliphatic hydroxyl groups excluding tert-OH is 1. The first-order chi connectivity index (χ1) is 17.6. The molecule has 6 rings (SSSR count). The number of amides is 1. The molecule has 1 saturated carbocycles. The molecule has 1 saturated heterocycles. The molecule has 2 aromatic carbocycles. The van der Waals surface area contributed by atoms with E-state index in [4.69, 9.17) is 11.6 Å². The molecule has 1 aromatic heterocycles. The zero-order valence-corrected chi connectivity index (χ0v) is 21.4. The van der Waals surface area contributed by atoms with Crippen molar-refractivity contribution in [3.8, 4) is 11.5 Å². The Balaban J connectivity index is 1.27. The molecule has 0 spiro atoms. The third-order valence-corrected chi connectivity index (χ3v) is 8.67. The Labute approximate surface area is 221 Å². The van der Waals surface area contributed by atoms with Crippen LogP contribution in [0.2, 0.25) is 5.02 Å². The van der Waals surface area contributed by atoms with Gasteiger partial charge in [0.2, 0.25) is 5.91 Å². The molecule has 37 heavy (non-hydrogen) atoms. The molecule has 1 aliphatic carbocycles. The van der Waals surface area contributed by atoms with Gasteiger partial charge in [0.15, 0.2) is 16.6 Å². The maximum atomic E-state index is 13.5. The smallest absolute Gasteiger partial charge is 0.395 e. The predicted octanol–water partition coefficient (Wildman–Crippen LogP) is 5.25. The number of nitrogens with zero attached hydrogens (tertiary/aromatic N) is 2. The molecular formula is C26H24ClF2N3O4S. The fourth-order valence-electron chi connectivity index (χ4n) is 5.15. The third-order valence-electron chi connectivity index (χ3n) is 7.20. The summed E-state index contributed by atoms with van der Waals surface area (Å²) in [5.41, 5.74) is 1.44. The number of anilines is 1. The first-order valence-corrected chi connectivity index (χ1v) is 13.2. The number of benzene rings is 2. The molecule has 194 valence electrons. The van der Waals surface area contributed by atoms with E-state index in [0.717, 1.165) is 16.1 Å². The molecule has 0 bridgehead atoms. The van der Waals surface area contributed by atoms with Gasteiger partial charge in [-0.15, -0.1) is 8.78 Å². The van der Waals surface area contributed by atoms with Crippen LogP contribution >= 0.6 is 22.9 Å². The summed E-state index contributed by atoms with van der Waals surface area (Å²) in [6, 6.07) is 11.9. The minimum atomic E-state index is -3.71. The summed E-state index contributed by atoms with van der Waals surface area (Å²) in [7, 11) is 0. The molecule has 0 radical (unpaired) electrons. The number of fused-ring (bicyclic) bond motifs is 1. The van der Waals surface area contributed by atoms with E-state index in [1.165, 1.54) is 23.5 Å². The molecule has 2 aliphatic heterocycles. The fraction of sp³-hybridized carbons (Fsp3) is 0.385. The minimum Gasteiger partial charge on any atom is -0.395 e. The molecule has 3 aromatic rings. The summed E-state index contributed by atoms with van der Waals surface area (Å²) in [6.45, 7) is 3.12. The number of aryl methyl sites for hydroxylation is 1. The average Bonchev–Trinajstić information content (AvgIpc) is 3.29. The van der Waals surface area contributed by atoms with Crippen LogP contribution in [0.15, 0.2) is 42.5 Å². The first-order valence-electron chi connectivity index (χ1n) is 12.0. The molecule has 2 unspecified atom stereocenters. The van der Waals surface area contributed by atoms with Gasteiger partial charge >= 0.3 is 6.29 Å². The quantitative estimate of drug-likeness (QED) is 0.438. The van der Waals surface area contributed by atoms with Crippen LogP contribution in [-0.4, -0.2) is 46.4 Å². The third kappa shape index (κ3) is 4.46. The molecule has 3 aliphatic rings. The minimum absolute atomic E-state index is 0.0530. The number of thiazole rings is 1. The van der Waals surface area contributed by atoms with E-state index < -0.39 is 17.8 Å². The Morgan fingerprint density at radius 1 is 1.24 bits per heavy atom. The maximum absolute atomic E-state index is 13.5. The lowest BCUT2D eigenvalue weighted by Gasteiger charge is -2.28. The molecule has 3 heterocycles. The molecule has 2 fully saturated rings. The maximum Gasteiger partial charge on any atom is 0.586 e. The van der Waals surface area contributed by atoms with Gasteiger partial charge in [-0.3, -0.25) is 9.69 Å².